The van der Waals surface area contributed by atoms with Gasteiger partial charge < -0.3 is 24.3 Å². The summed E-state index contributed by atoms with van der Waals surface area (Å²) in [5.74, 6) is 2.30. The van der Waals surface area contributed by atoms with Gasteiger partial charge in [0.15, 0.2) is 5.11 Å². The number of nitrogens with one attached hydrogen (secondary N) is 1. The minimum absolute atomic E-state index is 0.0364. The van der Waals surface area contributed by atoms with E-state index < -0.39 is 0 Å². The predicted octanol–water partition coefficient (Wildman–Crippen LogP) is 5.88. The fourth-order valence-electron chi connectivity index (χ4n) is 4.37. The number of aromatic nitrogens is 2. The summed E-state index contributed by atoms with van der Waals surface area (Å²) in [5, 5.41) is 4.19. The Hall–Kier alpha value is -3.84. The Morgan fingerprint density at radius 1 is 0.912 bits per heavy atom. The lowest BCUT2D eigenvalue weighted by molar-refractivity contribution is 0.413. The van der Waals surface area contributed by atoms with E-state index in [1.807, 2.05) is 72.9 Å². The van der Waals surface area contributed by atoms with Crippen LogP contribution in [0.4, 0.5) is 5.69 Å². The molecule has 1 fully saturated rings. The van der Waals surface area contributed by atoms with Crippen molar-refractivity contribution in [3.05, 3.63) is 103 Å². The number of hydrogen-bond acceptors (Lipinski definition) is 4. The monoisotopic (exact) mass is 470 g/mol. The van der Waals surface area contributed by atoms with Gasteiger partial charge in [0, 0.05) is 30.3 Å². The molecule has 2 aromatic heterocycles. The normalized spacial score (nSPS) is 17.5. The zero-order chi connectivity index (χ0) is 23.5. The first-order valence-electron chi connectivity index (χ1n) is 11.3. The summed E-state index contributed by atoms with van der Waals surface area (Å²) in [6.07, 6.45) is 3.93. The van der Waals surface area contributed by atoms with Gasteiger partial charge in [-0.05, 0) is 91.9 Å². The third kappa shape index (κ3) is 4.22. The number of hydrogen-bond donors (Lipinski definition) is 1. The molecule has 7 heteroatoms. The van der Waals surface area contributed by atoms with Crippen molar-refractivity contribution in [1.82, 2.24) is 14.9 Å². The SMILES string of the molecule is CCn1cccc1[C@H]1[C@H](c2ccccn2)NC(=S)N1c1ccc(Oc2ccc(OC)cc2)cc1. The molecule has 0 unspecified atom stereocenters. The molecule has 172 valence electrons. The van der Waals surface area contributed by atoms with E-state index in [4.69, 9.17) is 21.7 Å². The number of aryl methyl sites for hydroxylation is 1. The highest BCUT2D eigenvalue weighted by Crippen LogP contribution is 2.42. The van der Waals surface area contributed by atoms with Crippen LogP contribution in [0.25, 0.3) is 0 Å². The largest absolute Gasteiger partial charge is 0.497 e. The Morgan fingerprint density at radius 3 is 2.26 bits per heavy atom. The smallest absolute Gasteiger partial charge is 0.174 e. The molecule has 5 rings (SSSR count). The van der Waals surface area contributed by atoms with Crippen LogP contribution in [0.15, 0.2) is 91.3 Å². The van der Waals surface area contributed by atoms with E-state index in [1.165, 1.54) is 5.69 Å². The van der Waals surface area contributed by atoms with Gasteiger partial charge in [-0.1, -0.05) is 6.07 Å². The molecule has 0 aliphatic carbocycles. The van der Waals surface area contributed by atoms with E-state index in [-0.39, 0.29) is 12.1 Å². The Kier molecular flexibility index (Phi) is 6.18. The van der Waals surface area contributed by atoms with Gasteiger partial charge in [0.05, 0.1) is 18.8 Å². The summed E-state index contributed by atoms with van der Waals surface area (Å²) in [4.78, 5) is 6.80. The second kappa shape index (κ2) is 9.57. The molecule has 1 saturated heterocycles. The number of pyridine rings is 1. The summed E-state index contributed by atoms with van der Waals surface area (Å²) < 4.78 is 13.5. The molecule has 1 aliphatic heterocycles. The third-order valence-electron chi connectivity index (χ3n) is 6.02. The van der Waals surface area contributed by atoms with Crippen molar-refractivity contribution in [1.29, 1.82) is 0 Å². The number of anilines is 1. The summed E-state index contributed by atoms with van der Waals surface area (Å²) in [7, 11) is 1.65. The molecule has 1 N–H and O–H groups in total. The van der Waals surface area contributed by atoms with Crippen LogP contribution in [0.2, 0.25) is 0 Å². The van der Waals surface area contributed by atoms with Crippen LogP contribution in [0.3, 0.4) is 0 Å². The van der Waals surface area contributed by atoms with Gasteiger partial charge in [0.25, 0.3) is 0 Å². The Balaban J connectivity index is 1.46. The molecule has 6 nitrogen and oxygen atoms in total. The van der Waals surface area contributed by atoms with Gasteiger partial charge in [-0.2, -0.15) is 0 Å². The topological polar surface area (TPSA) is 51.6 Å². The van der Waals surface area contributed by atoms with Gasteiger partial charge in [-0.25, -0.2) is 0 Å². The molecule has 4 aromatic rings. The van der Waals surface area contributed by atoms with Crippen LogP contribution < -0.4 is 19.7 Å². The second-order valence-corrected chi connectivity index (χ2v) is 8.37. The molecule has 2 atom stereocenters. The van der Waals surface area contributed by atoms with Crippen LogP contribution in [-0.4, -0.2) is 21.8 Å². The van der Waals surface area contributed by atoms with Crippen LogP contribution >= 0.6 is 12.2 Å². The highest BCUT2D eigenvalue weighted by atomic mass is 32.1. The first kappa shape index (κ1) is 22.0. The molecular weight excluding hydrogens is 444 g/mol. The lowest BCUT2D eigenvalue weighted by atomic mass is 10.0. The average molecular weight is 471 g/mol. The van der Waals surface area contributed by atoms with Crippen molar-refractivity contribution < 1.29 is 9.47 Å². The summed E-state index contributed by atoms with van der Waals surface area (Å²) in [5.41, 5.74) is 3.14. The highest BCUT2D eigenvalue weighted by Gasteiger charge is 2.41. The van der Waals surface area contributed by atoms with Gasteiger partial charge in [0.2, 0.25) is 0 Å². The fraction of sp³-hybridized carbons (Fsp3) is 0.185. The van der Waals surface area contributed by atoms with Gasteiger partial charge >= 0.3 is 0 Å². The van der Waals surface area contributed by atoms with Crippen molar-refractivity contribution in [3.63, 3.8) is 0 Å². The van der Waals surface area contributed by atoms with Gasteiger partial charge in [-0.15, -0.1) is 0 Å². The summed E-state index contributed by atoms with van der Waals surface area (Å²) >= 11 is 5.83. The zero-order valence-corrected chi connectivity index (χ0v) is 19.9. The van der Waals surface area contributed by atoms with Gasteiger partial charge in [-0.3, -0.25) is 4.98 Å². The summed E-state index contributed by atoms with van der Waals surface area (Å²) in [6, 6.07) is 25.7. The molecule has 0 radical (unpaired) electrons. The number of thiocarbonyl (C=S) groups is 1. The first-order chi connectivity index (χ1) is 16.7. The second-order valence-electron chi connectivity index (χ2n) is 7.99. The maximum Gasteiger partial charge on any atom is 0.174 e. The van der Waals surface area contributed by atoms with Crippen LogP contribution in [0.5, 0.6) is 17.2 Å². The van der Waals surface area contributed by atoms with E-state index in [9.17, 15) is 0 Å². The van der Waals surface area contributed by atoms with E-state index >= 15 is 0 Å². The molecule has 0 saturated carbocycles. The third-order valence-corrected chi connectivity index (χ3v) is 6.33. The van der Waals surface area contributed by atoms with Gasteiger partial charge in [0.1, 0.15) is 23.3 Å². The van der Waals surface area contributed by atoms with E-state index in [2.05, 4.69) is 45.0 Å². The lowest BCUT2D eigenvalue weighted by Crippen LogP contribution is -2.30. The van der Waals surface area contributed by atoms with Crippen molar-refractivity contribution in [2.75, 3.05) is 12.0 Å². The quantitative estimate of drug-likeness (QED) is 0.340. The highest BCUT2D eigenvalue weighted by molar-refractivity contribution is 7.80. The Bertz CT molecular complexity index is 1260. The minimum atomic E-state index is -0.0656. The molecule has 3 heterocycles. The maximum atomic E-state index is 6.01. The number of methoxy groups -OCH3 is 1. The molecule has 1 aliphatic rings. The minimum Gasteiger partial charge on any atom is -0.497 e. The number of nitrogens with zero attached hydrogens (tertiary/aromatic N) is 3. The molecule has 0 bridgehead atoms. The molecular formula is C27H26N4O2S. The fourth-order valence-corrected chi connectivity index (χ4v) is 4.72. The number of ether oxygens (including phenoxy) is 2. The van der Waals surface area contributed by atoms with Crippen molar-refractivity contribution in [2.24, 2.45) is 0 Å². The van der Waals surface area contributed by atoms with Crippen molar-refractivity contribution in [2.45, 2.75) is 25.6 Å². The van der Waals surface area contributed by atoms with E-state index in [0.717, 1.165) is 35.2 Å². The predicted molar refractivity (Wildman–Crippen MR) is 138 cm³/mol. The zero-order valence-electron chi connectivity index (χ0n) is 19.1. The average Bonchev–Trinajstić information content (AvgIpc) is 3.49. The standard InChI is InChI=1S/C27H26N4O2S/c1-3-30-18-6-8-24(30)26-25(23-7-4-5-17-28-23)29-27(34)31(26)19-9-11-21(12-10-19)33-22-15-13-20(32-2)14-16-22/h4-18,25-26H,3H2,1-2H3,(H,29,34)/t25-,26-/m0/s1. The van der Waals surface area contributed by atoms with Crippen molar-refractivity contribution >= 4 is 23.0 Å². The van der Waals surface area contributed by atoms with Crippen LogP contribution in [0.1, 0.15) is 30.4 Å². The lowest BCUT2D eigenvalue weighted by Gasteiger charge is -2.29. The summed E-state index contributed by atoms with van der Waals surface area (Å²) in [6.45, 7) is 3.03. The number of benzene rings is 2. The van der Waals surface area contributed by atoms with E-state index in [1.54, 1.807) is 7.11 Å². The van der Waals surface area contributed by atoms with Crippen molar-refractivity contribution in [3.8, 4) is 17.2 Å². The number of rotatable bonds is 7. The van der Waals surface area contributed by atoms with E-state index in [0.29, 0.717) is 5.11 Å². The molecule has 0 amide bonds. The maximum absolute atomic E-state index is 6.01. The van der Waals surface area contributed by atoms with Crippen LogP contribution in [0, 0.1) is 0 Å². The van der Waals surface area contributed by atoms with Crippen LogP contribution in [-0.2, 0) is 6.54 Å². The Labute approximate surface area is 204 Å². The molecule has 2 aromatic carbocycles. The Morgan fingerprint density at radius 2 is 1.62 bits per heavy atom. The molecule has 0 spiro atoms. The molecule has 34 heavy (non-hydrogen) atoms. The first-order valence-corrected chi connectivity index (χ1v) is 11.7.